The molecule has 11 heteroatoms. The minimum absolute atomic E-state index is 0.102. The van der Waals surface area contributed by atoms with Crippen LogP contribution in [-0.2, 0) is 33.4 Å². The maximum atomic E-state index is 13.2. The number of aliphatic hydroxyl groups excluding tert-OH is 1. The number of likely N-dealkylation sites (tertiary alicyclic amines) is 1. The molecule has 0 aromatic carbocycles. The number of fused-ring (bicyclic) bond motifs is 1. The van der Waals surface area contributed by atoms with Crippen molar-refractivity contribution in [3.8, 4) is 0 Å². The first-order valence-electron chi connectivity index (χ1n) is 21.5. The van der Waals surface area contributed by atoms with Crippen molar-refractivity contribution in [3.63, 3.8) is 0 Å². The van der Waals surface area contributed by atoms with Crippen LogP contribution in [0.15, 0.2) is 11.1 Å². The fourth-order valence-corrected chi connectivity index (χ4v) is 10.7. The fraction of sp³-hybridized carbons (Fsp3) is 0.857. The van der Waals surface area contributed by atoms with E-state index in [-0.39, 0.29) is 48.6 Å². The summed E-state index contributed by atoms with van der Waals surface area (Å²) >= 11 is 0. The highest BCUT2D eigenvalue weighted by Crippen LogP contribution is 2.46. The third kappa shape index (κ3) is 10.6. The molecule has 0 bridgehead atoms. The first kappa shape index (κ1) is 40.5. The van der Waals surface area contributed by atoms with Crippen LogP contribution in [0.3, 0.4) is 0 Å². The van der Waals surface area contributed by atoms with Crippen molar-refractivity contribution < 1.29 is 38.5 Å². The molecular weight excluding hydrogens is 674 g/mol. The van der Waals surface area contributed by atoms with Gasteiger partial charge in [0.25, 0.3) is 0 Å². The number of ether oxygens (including phenoxy) is 3. The molecular formula is C42H67N3O8. The van der Waals surface area contributed by atoms with Gasteiger partial charge in [-0.05, 0) is 127 Å². The van der Waals surface area contributed by atoms with Crippen LogP contribution in [0, 0.1) is 29.6 Å². The predicted octanol–water partition coefficient (Wildman–Crippen LogP) is 5.37. The Bertz CT molecular complexity index is 1270. The van der Waals surface area contributed by atoms with E-state index in [4.69, 9.17) is 14.2 Å². The first-order chi connectivity index (χ1) is 25.8. The second-order valence-electron chi connectivity index (χ2n) is 16.8. The number of piperidine rings is 1. The number of hydrogen-bond donors (Lipinski definition) is 3. The van der Waals surface area contributed by atoms with Gasteiger partial charge in [-0.15, -0.1) is 0 Å². The molecule has 4 saturated carbocycles. The molecule has 0 spiro atoms. The zero-order chi connectivity index (χ0) is 37.2. The highest BCUT2D eigenvalue weighted by Gasteiger charge is 2.53. The van der Waals surface area contributed by atoms with E-state index in [0.717, 1.165) is 68.7 Å². The number of imide groups is 2. The molecule has 0 radical (unpaired) electrons. The molecule has 6 fully saturated rings. The van der Waals surface area contributed by atoms with Gasteiger partial charge in [0.1, 0.15) is 6.04 Å². The number of amides is 4. The standard InChI is InChI=1S/C42H67N3O8/c1-2-34(28-7-4-3-5-8-28)39(29-9-14-32(46)15-10-29)30-11-16-33(17-12-30)53-26-25-52-24-23-51-22-6-21-43-31-13-18-35-36(27-31)42(50)45(41(35)49)37-19-20-38(47)44-40(37)48/h28-33,35-37,43,46H,2-27H2,1H3,(H,44,47,48)/b39-34-. The molecule has 4 unspecified atom stereocenters. The van der Waals surface area contributed by atoms with Gasteiger partial charge in [-0.3, -0.25) is 29.4 Å². The predicted molar refractivity (Wildman–Crippen MR) is 200 cm³/mol. The third-order valence-corrected chi connectivity index (χ3v) is 13.4. The zero-order valence-electron chi connectivity index (χ0n) is 32.3. The Morgan fingerprint density at radius 3 is 2.09 bits per heavy atom. The Morgan fingerprint density at radius 2 is 1.40 bits per heavy atom. The third-order valence-electron chi connectivity index (χ3n) is 13.4. The summed E-state index contributed by atoms with van der Waals surface area (Å²) in [7, 11) is 0. The maximum absolute atomic E-state index is 13.2. The van der Waals surface area contributed by atoms with E-state index < -0.39 is 17.9 Å². The molecule has 0 aromatic heterocycles. The normalized spacial score (nSPS) is 33.5. The molecule has 2 heterocycles. The molecule has 298 valence electrons. The lowest BCUT2D eigenvalue weighted by Gasteiger charge is -2.39. The number of aliphatic hydroxyl groups is 1. The largest absolute Gasteiger partial charge is 0.393 e. The summed E-state index contributed by atoms with van der Waals surface area (Å²) < 4.78 is 17.9. The average Bonchev–Trinajstić information content (AvgIpc) is 3.42. The van der Waals surface area contributed by atoms with Gasteiger partial charge in [-0.1, -0.05) is 37.3 Å². The lowest BCUT2D eigenvalue weighted by molar-refractivity contribution is -0.151. The SMILES string of the molecule is CC/C(=C(\C1CCC(O)CC1)C1CCC(OCCOCCOCCCNC2CCC3C(=O)N(C4CCC(=O)NC4=O)C(=O)C3C2)CC1)C1CCCCC1. The minimum atomic E-state index is -0.867. The van der Waals surface area contributed by atoms with Gasteiger partial charge in [0, 0.05) is 19.1 Å². The Morgan fingerprint density at radius 1 is 0.736 bits per heavy atom. The summed E-state index contributed by atoms with van der Waals surface area (Å²) in [5.41, 5.74) is 3.61. The Labute approximate surface area is 317 Å². The molecule has 3 N–H and O–H groups in total. The van der Waals surface area contributed by atoms with Crippen molar-refractivity contribution in [1.82, 2.24) is 15.5 Å². The Hall–Kier alpha value is -2.18. The van der Waals surface area contributed by atoms with Crippen molar-refractivity contribution in [2.24, 2.45) is 29.6 Å². The fourth-order valence-electron chi connectivity index (χ4n) is 10.7. The maximum Gasteiger partial charge on any atom is 0.249 e. The molecule has 4 atom stereocenters. The van der Waals surface area contributed by atoms with Gasteiger partial charge in [-0.25, -0.2) is 0 Å². The van der Waals surface area contributed by atoms with E-state index in [1.54, 1.807) is 5.57 Å². The summed E-state index contributed by atoms with van der Waals surface area (Å²) in [5, 5.41) is 16.0. The molecule has 11 nitrogen and oxygen atoms in total. The Balaban J connectivity index is 0.807. The number of hydrogen-bond acceptors (Lipinski definition) is 9. The molecule has 0 aromatic rings. The Kier molecular flexibility index (Phi) is 15.4. The summed E-state index contributed by atoms with van der Waals surface area (Å²) in [5.74, 6) is -0.0431. The number of allylic oxidation sites excluding steroid dienone is 2. The van der Waals surface area contributed by atoms with E-state index in [1.807, 2.05) is 5.57 Å². The van der Waals surface area contributed by atoms with Crippen LogP contribution < -0.4 is 10.6 Å². The van der Waals surface area contributed by atoms with Gasteiger partial charge in [0.05, 0.1) is 50.5 Å². The van der Waals surface area contributed by atoms with Crippen molar-refractivity contribution in [2.45, 2.75) is 160 Å². The monoisotopic (exact) mass is 741 g/mol. The number of nitrogens with one attached hydrogen (secondary N) is 2. The molecule has 2 saturated heterocycles. The second-order valence-corrected chi connectivity index (χ2v) is 16.8. The van der Waals surface area contributed by atoms with Crippen molar-refractivity contribution in [1.29, 1.82) is 0 Å². The van der Waals surface area contributed by atoms with Crippen LogP contribution in [-0.4, -0.2) is 97.5 Å². The van der Waals surface area contributed by atoms with Gasteiger partial charge in [0.2, 0.25) is 23.6 Å². The highest BCUT2D eigenvalue weighted by molar-refractivity contribution is 6.10. The van der Waals surface area contributed by atoms with E-state index in [9.17, 15) is 24.3 Å². The number of rotatable bonds is 17. The molecule has 2 aliphatic heterocycles. The molecule has 6 aliphatic rings. The number of nitrogens with zero attached hydrogens (tertiary/aromatic N) is 1. The van der Waals surface area contributed by atoms with Crippen LogP contribution in [0.25, 0.3) is 0 Å². The van der Waals surface area contributed by atoms with Crippen molar-refractivity contribution in [3.05, 3.63) is 11.1 Å². The number of carbonyl (C=O) groups is 4. The smallest absolute Gasteiger partial charge is 0.249 e. The molecule has 4 aliphatic carbocycles. The molecule has 6 rings (SSSR count). The second kappa shape index (κ2) is 20.1. The summed E-state index contributed by atoms with van der Waals surface area (Å²) in [6.07, 6.45) is 20.5. The molecule has 4 amide bonds. The van der Waals surface area contributed by atoms with Crippen LogP contribution in [0.1, 0.15) is 135 Å². The summed E-state index contributed by atoms with van der Waals surface area (Å²) in [6.45, 7) is 6.05. The lowest BCUT2D eigenvalue weighted by atomic mass is 9.68. The quantitative estimate of drug-likeness (QED) is 0.102. The van der Waals surface area contributed by atoms with E-state index in [0.29, 0.717) is 63.8 Å². The van der Waals surface area contributed by atoms with Crippen molar-refractivity contribution >= 4 is 23.6 Å². The van der Waals surface area contributed by atoms with Gasteiger partial charge in [0.15, 0.2) is 0 Å². The first-order valence-corrected chi connectivity index (χ1v) is 21.5. The van der Waals surface area contributed by atoms with Gasteiger partial charge in [-0.2, -0.15) is 0 Å². The minimum Gasteiger partial charge on any atom is -0.393 e. The number of carbonyl (C=O) groups excluding carboxylic acids is 4. The summed E-state index contributed by atoms with van der Waals surface area (Å²) in [6, 6.07) is -0.720. The highest BCUT2D eigenvalue weighted by atomic mass is 16.5. The average molecular weight is 742 g/mol. The van der Waals surface area contributed by atoms with Crippen LogP contribution in [0.2, 0.25) is 0 Å². The topological polar surface area (TPSA) is 144 Å². The van der Waals surface area contributed by atoms with Crippen molar-refractivity contribution in [2.75, 3.05) is 39.6 Å². The van der Waals surface area contributed by atoms with Crippen LogP contribution in [0.5, 0.6) is 0 Å². The van der Waals surface area contributed by atoms with Gasteiger partial charge < -0.3 is 24.6 Å². The zero-order valence-corrected chi connectivity index (χ0v) is 32.3. The van der Waals surface area contributed by atoms with Crippen LogP contribution in [0.4, 0.5) is 0 Å². The van der Waals surface area contributed by atoms with E-state index >= 15 is 0 Å². The van der Waals surface area contributed by atoms with Crippen LogP contribution >= 0.6 is 0 Å². The molecule has 53 heavy (non-hydrogen) atoms. The summed E-state index contributed by atoms with van der Waals surface area (Å²) in [4.78, 5) is 51.2. The lowest BCUT2D eigenvalue weighted by Crippen LogP contribution is -2.54. The van der Waals surface area contributed by atoms with E-state index in [1.165, 1.54) is 51.4 Å². The van der Waals surface area contributed by atoms with E-state index in [2.05, 4.69) is 17.6 Å². The van der Waals surface area contributed by atoms with Gasteiger partial charge >= 0.3 is 0 Å².